The number of methoxy groups -OCH3 is 2. The first kappa shape index (κ1) is 23.3. The van der Waals surface area contributed by atoms with Crippen molar-refractivity contribution >= 4 is 39.3 Å². The van der Waals surface area contributed by atoms with E-state index in [1.807, 2.05) is 6.92 Å². The van der Waals surface area contributed by atoms with Gasteiger partial charge in [-0.05, 0) is 12.5 Å². The van der Waals surface area contributed by atoms with Crippen LogP contribution in [0.5, 0.6) is 5.88 Å². The topological polar surface area (TPSA) is 114 Å². The molecule has 4 rings (SSSR count). The summed E-state index contributed by atoms with van der Waals surface area (Å²) in [6.45, 7) is 5.16. The lowest BCUT2D eigenvalue weighted by Gasteiger charge is -2.35. The van der Waals surface area contributed by atoms with Gasteiger partial charge >= 0.3 is 11.8 Å². The van der Waals surface area contributed by atoms with Crippen LogP contribution in [0, 0.1) is 6.92 Å². The van der Waals surface area contributed by atoms with E-state index >= 15 is 0 Å². The zero-order valence-electron chi connectivity index (χ0n) is 19.0. The summed E-state index contributed by atoms with van der Waals surface area (Å²) in [6, 6.07) is 0. The monoisotopic (exact) mass is 477 g/mol. The van der Waals surface area contributed by atoms with Crippen LogP contribution in [0.1, 0.15) is 21.1 Å². The minimum atomic E-state index is -0.521. The number of carbonyl (C=O) groups excluding carboxylic acids is 3. The van der Waals surface area contributed by atoms with Gasteiger partial charge in [0.1, 0.15) is 11.4 Å². The van der Waals surface area contributed by atoms with Gasteiger partial charge in [-0.15, -0.1) is 11.3 Å². The molecule has 0 unspecified atom stereocenters. The van der Waals surface area contributed by atoms with E-state index in [1.54, 1.807) is 12.0 Å². The Kier molecular flexibility index (Phi) is 7.05. The van der Waals surface area contributed by atoms with Gasteiger partial charge in [0.25, 0.3) is 5.91 Å². The molecular weight excluding hydrogens is 450 g/mol. The minimum absolute atomic E-state index is 0.127. The summed E-state index contributed by atoms with van der Waals surface area (Å²) in [5.74, 6) is -0.253. The standard InChI is InChI=1S/C21H27N5O6S/c1-13-15-17(31-3)22-14(12-30-2)23-18(15)33-16(13)19(27)24-4-6-25(7-5-24)20(28)21(29)26-8-10-32-11-9-26/h4-12H2,1-3H3. The van der Waals surface area contributed by atoms with Crippen molar-refractivity contribution in [2.24, 2.45) is 0 Å². The van der Waals surface area contributed by atoms with Crippen LogP contribution in [-0.4, -0.2) is 109 Å². The average molecular weight is 478 g/mol. The van der Waals surface area contributed by atoms with Crippen LogP contribution in [0.25, 0.3) is 10.2 Å². The Morgan fingerprint density at radius 3 is 2.15 bits per heavy atom. The van der Waals surface area contributed by atoms with E-state index in [0.717, 1.165) is 10.9 Å². The van der Waals surface area contributed by atoms with Crippen LogP contribution < -0.4 is 4.74 Å². The fraction of sp³-hybridized carbons (Fsp3) is 0.571. The Balaban J connectivity index is 1.45. The quantitative estimate of drug-likeness (QED) is 0.578. The fourth-order valence-electron chi connectivity index (χ4n) is 3.98. The molecule has 0 bridgehead atoms. The molecule has 0 radical (unpaired) electrons. The predicted molar refractivity (Wildman–Crippen MR) is 119 cm³/mol. The highest BCUT2D eigenvalue weighted by molar-refractivity contribution is 7.20. The molecule has 33 heavy (non-hydrogen) atoms. The van der Waals surface area contributed by atoms with E-state index < -0.39 is 11.8 Å². The largest absolute Gasteiger partial charge is 0.480 e. The lowest BCUT2D eigenvalue weighted by molar-refractivity contribution is -0.154. The lowest BCUT2D eigenvalue weighted by atomic mass is 10.2. The van der Waals surface area contributed by atoms with E-state index in [-0.39, 0.29) is 12.5 Å². The van der Waals surface area contributed by atoms with E-state index in [2.05, 4.69) is 9.97 Å². The Bertz CT molecular complexity index is 1060. The van der Waals surface area contributed by atoms with Gasteiger partial charge in [0.05, 0.1) is 30.6 Å². The number of carbonyl (C=O) groups is 3. The number of aromatic nitrogens is 2. The first-order chi connectivity index (χ1) is 15.9. The summed E-state index contributed by atoms with van der Waals surface area (Å²) in [4.78, 5) is 53.3. The van der Waals surface area contributed by atoms with Crippen molar-refractivity contribution in [1.29, 1.82) is 0 Å². The number of fused-ring (bicyclic) bond motifs is 1. The number of hydrogen-bond donors (Lipinski definition) is 0. The summed E-state index contributed by atoms with van der Waals surface area (Å²) >= 11 is 1.29. The van der Waals surface area contributed by atoms with Crippen LogP contribution in [-0.2, 0) is 25.7 Å². The second kappa shape index (κ2) is 9.98. The Hall–Kier alpha value is -2.83. The molecule has 2 aromatic heterocycles. The van der Waals surface area contributed by atoms with Crippen molar-refractivity contribution in [2.75, 3.05) is 66.7 Å². The SMILES string of the molecule is COCc1nc(OC)c2c(C)c(C(=O)N3CCN(C(=O)C(=O)N4CCOCC4)CC3)sc2n1. The molecule has 0 spiro atoms. The fourth-order valence-corrected chi connectivity index (χ4v) is 5.14. The summed E-state index contributed by atoms with van der Waals surface area (Å²) in [5, 5.41) is 0.718. The van der Waals surface area contributed by atoms with Crippen molar-refractivity contribution in [3.05, 3.63) is 16.3 Å². The van der Waals surface area contributed by atoms with Crippen LogP contribution in [0.3, 0.4) is 0 Å². The number of aryl methyl sites for hydroxylation is 1. The minimum Gasteiger partial charge on any atom is -0.480 e. The Morgan fingerprint density at radius 1 is 0.939 bits per heavy atom. The van der Waals surface area contributed by atoms with Crippen LogP contribution in [0.2, 0.25) is 0 Å². The molecule has 178 valence electrons. The van der Waals surface area contributed by atoms with E-state index in [4.69, 9.17) is 14.2 Å². The van der Waals surface area contributed by atoms with Gasteiger partial charge in [-0.1, -0.05) is 0 Å². The molecule has 0 aromatic carbocycles. The predicted octanol–water partition coefficient (Wildman–Crippen LogP) is 0.298. The summed E-state index contributed by atoms with van der Waals surface area (Å²) in [6.07, 6.45) is 0. The highest BCUT2D eigenvalue weighted by Gasteiger charge is 2.33. The van der Waals surface area contributed by atoms with Crippen molar-refractivity contribution in [3.8, 4) is 5.88 Å². The molecule has 3 amide bonds. The number of rotatable bonds is 4. The van der Waals surface area contributed by atoms with Gasteiger partial charge in [-0.3, -0.25) is 14.4 Å². The molecule has 2 aliphatic heterocycles. The molecule has 11 nitrogen and oxygen atoms in total. The highest BCUT2D eigenvalue weighted by Crippen LogP contribution is 2.35. The van der Waals surface area contributed by atoms with Gasteiger partial charge in [0.2, 0.25) is 5.88 Å². The molecule has 0 atom stereocenters. The maximum Gasteiger partial charge on any atom is 0.312 e. The summed E-state index contributed by atoms with van der Waals surface area (Å²) < 4.78 is 15.8. The number of ether oxygens (including phenoxy) is 3. The number of amides is 3. The normalized spacial score (nSPS) is 16.9. The summed E-state index contributed by atoms with van der Waals surface area (Å²) in [5.41, 5.74) is 0.766. The lowest BCUT2D eigenvalue weighted by Crippen LogP contribution is -2.55. The zero-order valence-corrected chi connectivity index (χ0v) is 19.8. The van der Waals surface area contributed by atoms with Crippen LogP contribution in [0.15, 0.2) is 0 Å². The van der Waals surface area contributed by atoms with Crippen molar-refractivity contribution in [1.82, 2.24) is 24.7 Å². The second-order valence-corrected chi connectivity index (χ2v) is 8.81. The summed E-state index contributed by atoms with van der Waals surface area (Å²) in [7, 11) is 3.10. The molecule has 2 aliphatic rings. The number of thiophene rings is 1. The van der Waals surface area contributed by atoms with Gasteiger partial charge in [-0.25, -0.2) is 4.98 Å². The maximum absolute atomic E-state index is 13.3. The van der Waals surface area contributed by atoms with Crippen molar-refractivity contribution in [3.63, 3.8) is 0 Å². The molecule has 0 N–H and O–H groups in total. The van der Waals surface area contributed by atoms with Crippen LogP contribution in [0.4, 0.5) is 0 Å². The highest BCUT2D eigenvalue weighted by atomic mass is 32.1. The average Bonchev–Trinajstić information content (AvgIpc) is 3.19. The van der Waals surface area contributed by atoms with Gasteiger partial charge in [0.15, 0.2) is 5.82 Å². The first-order valence-corrected chi connectivity index (χ1v) is 11.5. The first-order valence-electron chi connectivity index (χ1n) is 10.7. The molecule has 4 heterocycles. The number of nitrogens with zero attached hydrogens (tertiary/aromatic N) is 5. The van der Waals surface area contributed by atoms with E-state index in [9.17, 15) is 14.4 Å². The maximum atomic E-state index is 13.3. The van der Waals surface area contributed by atoms with E-state index in [0.29, 0.717) is 73.9 Å². The molecular formula is C21H27N5O6S. The van der Waals surface area contributed by atoms with Gasteiger partial charge < -0.3 is 28.9 Å². The molecule has 2 aromatic rings. The molecule has 2 saturated heterocycles. The molecule has 12 heteroatoms. The number of hydrogen-bond acceptors (Lipinski definition) is 9. The molecule has 0 aliphatic carbocycles. The molecule has 0 saturated carbocycles. The Labute approximate surface area is 195 Å². The number of morpholine rings is 1. The van der Waals surface area contributed by atoms with Crippen molar-refractivity contribution < 1.29 is 28.6 Å². The van der Waals surface area contributed by atoms with Crippen LogP contribution >= 0.6 is 11.3 Å². The van der Waals surface area contributed by atoms with Crippen molar-refractivity contribution in [2.45, 2.75) is 13.5 Å². The third-order valence-corrected chi connectivity index (χ3v) is 6.97. The third kappa shape index (κ3) is 4.63. The van der Waals surface area contributed by atoms with E-state index in [1.165, 1.54) is 28.2 Å². The van der Waals surface area contributed by atoms with Gasteiger partial charge in [-0.2, -0.15) is 4.98 Å². The number of piperazine rings is 1. The van der Waals surface area contributed by atoms with Gasteiger partial charge in [0, 0.05) is 46.4 Å². The second-order valence-electron chi connectivity index (χ2n) is 7.81. The molecule has 2 fully saturated rings. The smallest absolute Gasteiger partial charge is 0.312 e. The Morgan fingerprint density at radius 2 is 1.55 bits per heavy atom. The zero-order chi connectivity index (χ0) is 23.5. The third-order valence-electron chi connectivity index (χ3n) is 5.80.